The van der Waals surface area contributed by atoms with Gasteiger partial charge in [-0.2, -0.15) is 0 Å². The second-order valence-electron chi connectivity index (χ2n) is 7.72. The second-order valence-corrected chi connectivity index (χ2v) is 7.72. The van der Waals surface area contributed by atoms with Crippen LogP contribution in [0.4, 0.5) is 11.5 Å². The van der Waals surface area contributed by atoms with Crippen molar-refractivity contribution in [2.75, 3.05) is 11.9 Å². The SMILES string of the molecule is Cc1ccc(-c2ccc(Nc3cccc(C(=O)NCCCc4ccccc4)c3)nn2)cc1. The number of nitrogens with one attached hydrogen (secondary N) is 2. The molecule has 5 heteroatoms. The van der Waals surface area contributed by atoms with E-state index in [0.29, 0.717) is 17.9 Å². The van der Waals surface area contributed by atoms with Gasteiger partial charge in [0.2, 0.25) is 0 Å². The van der Waals surface area contributed by atoms with Crippen molar-refractivity contribution in [3.8, 4) is 11.3 Å². The van der Waals surface area contributed by atoms with Crippen molar-refractivity contribution < 1.29 is 4.79 Å². The van der Waals surface area contributed by atoms with E-state index in [-0.39, 0.29) is 5.91 Å². The van der Waals surface area contributed by atoms with E-state index in [0.717, 1.165) is 29.8 Å². The largest absolute Gasteiger partial charge is 0.352 e. The van der Waals surface area contributed by atoms with Crippen molar-refractivity contribution in [2.45, 2.75) is 19.8 Å². The standard InChI is InChI=1S/C27H26N4O/c1-20-12-14-22(15-13-20)25-16-17-26(31-30-25)29-24-11-5-10-23(19-24)27(32)28-18-6-9-21-7-3-2-4-8-21/h2-5,7-8,10-17,19H,6,9,18H2,1H3,(H,28,32)(H,29,31). The van der Waals surface area contributed by atoms with E-state index in [2.05, 4.69) is 52.0 Å². The molecule has 0 aliphatic rings. The number of carbonyl (C=O) groups is 1. The van der Waals surface area contributed by atoms with Crippen molar-refractivity contribution in [2.24, 2.45) is 0 Å². The number of anilines is 2. The summed E-state index contributed by atoms with van der Waals surface area (Å²) in [5.74, 6) is 0.545. The molecule has 0 aliphatic carbocycles. The monoisotopic (exact) mass is 422 g/mol. The maximum atomic E-state index is 12.5. The minimum absolute atomic E-state index is 0.0810. The molecule has 0 saturated carbocycles. The fourth-order valence-electron chi connectivity index (χ4n) is 3.40. The zero-order chi connectivity index (χ0) is 22.2. The van der Waals surface area contributed by atoms with Gasteiger partial charge >= 0.3 is 0 Å². The Morgan fingerprint density at radius 1 is 0.844 bits per heavy atom. The first-order chi connectivity index (χ1) is 15.7. The highest BCUT2D eigenvalue weighted by Crippen LogP contribution is 2.20. The Labute approximate surface area is 188 Å². The van der Waals surface area contributed by atoms with Gasteiger partial charge in [0.1, 0.15) is 0 Å². The van der Waals surface area contributed by atoms with Gasteiger partial charge in [0.15, 0.2) is 5.82 Å². The zero-order valence-electron chi connectivity index (χ0n) is 18.1. The third-order valence-electron chi connectivity index (χ3n) is 5.18. The molecule has 32 heavy (non-hydrogen) atoms. The van der Waals surface area contributed by atoms with Gasteiger partial charge < -0.3 is 10.6 Å². The number of rotatable bonds is 8. The predicted octanol–water partition coefficient (Wildman–Crippen LogP) is 5.56. The fourth-order valence-corrected chi connectivity index (χ4v) is 3.40. The van der Waals surface area contributed by atoms with Crippen molar-refractivity contribution >= 4 is 17.4 Å². The molecule has 160 valence electrons. The summed E-state index contributed by atoms with van der Waals surface area (Å²) in [6, 6.07) is 29.7. The van der Waals surface area contributed by atoms with Gasteiger partial charge in [0.05, 0.1) is 5.69 Å². The normalized spacial score (nSPS) is 10.5. The predicted molar refractivity (Wildman–Crippen MR) is 129 cm³/mol. The van der Waals surface area contributed by atoms with Crippen molar-refractivity contribution in [1.82, 2.24) is 15.5 Å². The molecule has 0 atom stereocenters. The Hall–Kier alpha value is -3.99. The van der Waals surface area contributed by atoms with E-state index in [9.17, 15) is 4.79 Å². The number of aryl methyl sites for hydroxylation is 2. The first-order valence-electron chi connectivity index (χ1n) is 10.8. The maximum Gasteiger partial charge on any atom is 0.251 e. The van der Waals surface area contributed by atoms with E-state index < -0.39 is 0 Å². The summed E-state index contributed by atoms with van der Waals surface area (Å²) in [4.78, 5) is 12.5. The Morgan fingerprint density at radius 2 is 1.66 bits per heavy atom. The third-order valence-corrected chi connectivity index (χ3v) is 5.18. The molecule has 0 bridgehead atoms. The van der Waals surface area contributed by atoms with E-state index in [1.165, 1.54) is 11.1 Å². The third kappa shape index (κ3) is 5.79. The van der Waals surface area contributed by atoms with Crippen LogP contribution in [-0.2, 0) is 6.42 Å². The van der Waals surface area contributed by atoms with E-state index in [1.54, 1.807) is 0 Å². The van der Waals surface area contributed by atoms with Crippen LogP contribution in [0.15, 0.2) is 91.0 Å². The van der Waals surface area contributed by atoms with Crippen molar-refractivity contribution in [3.05, 3.63) is 108 Å². The fraction of sp³-hybridized carbons (Fsp3) is 0.148. The molecule has 4 aromatic rings. The Kier molecular flexibility index (Phi) is 6.88. The van der Waals surface area contributed by atoms with Crippen LogP contribution < -0.4 is 10.6 Å². The molecular formula is C27H26N4O. The van der Waals surface area contributed by atoms with Crippen LogP contribution in [0.5, 0.6) is 0 Å². The van der Waals surface area contributed by atoms with Crippen LogP contribution >= 0.6 is 0 Å². The molecule has 4 rings (SSSR count). The smallest absolute Gasteiger partial charge is 0.251 e. The number of aromatic nitrogens is 2. The minimum Gasteiger partial charge on any atom is -0.352 e. The minimum atomic E-state index is -0.0810. The summed E-state index contributed by atoms with van der Waals surface area (Å²) in [6.45, 7) is 2.69. The average Bonchev–Trinajstić information content (AvgIpc) is 2.84. The lowest BCUT2D eigenvalue weighted by atomic mass is 10.1. The van der Waals surface area contributed by atoms with Crippen LogP contribution in [0.25, 0.3) is 11.3 Å². The summed E-state index contributed by atoms with van der Waals surface area (Å²) in [5.41, 5.74) is 5.74. The highest BCUT2D eigenvalue weighted by molar-refractivity contribution is 5.95. The van der Waals surface area contributed by atoms with E-state index in [1.807, 2.05) is 66.7 Å². The molecule has 0 aliphatic heterocycles. The number of amides is 1. The van der Waals surface area contributed by atoms with Gasteiger partial charge in [0, 0.05) is 23.4 Å². The second kappa shape index (κ2) is 10.4. The number of hydrogen-bond acceptors (Lipinski definition) is 4. The van der Waals surface area contributed by atoms with Crippen molar-refractivity contribution in [1.29, 1.82) is 0 Å². The summed E-state index contributed by atoms with van der Waals surface area (Å²) in [6.07, 6.45) is 1.84. The molecule has 1 heterocycles. The van der Waals surface area contributed by atoms with Crippen LogP contribution in [0.1, 0.15) is 27.9 Å². The van der Waals surface area contributed by atoms with E-state index in [4.69, 9.17) is 0 Å². The van der Waals surface area contributed by atoms with Crippen LogP contribution in [-0.4, -0.2) is 22.6 Å². The van der Waals surface area contributed by atoms with Crippen LogP contribution in [0.2, 0.25) is 0 Å². The van der Waals surface area contributed by atoms with Gasteiger partial charge in [-0.3, -0.25) is 4.79 Å². The lowest BCUT2D eigenvalue weighted by Crippen LogP contribution is -2.24. The molecule has 0 fully saturated rings. The van der Waals surface area contributed by atoms with Gasteiger partial charge in [-0.1, -0.05) is 66.2 Å². The van der Waals surface area contributed by atoms with Crippen molar-refractivity contribution in [3.63, 3.8) is 0 Å². The number of hydrogen-bond donors (Lipinski definition) is 2. The summed E-state index contributed by atoms with van der Waals surface area (Å²) in [7, 11) is 0. The van der Waals surface area contributed by atoms with Gasteiger partial charge in [-0.25, -0.2) is 0 Å². The maximum absolute atomic E-state index is 12.5. The first-order valence-corrected chi connectivity index (χ1v) is 10.8. The van der Waals surface area contributed by atoms with E-state index >= 15 is 0 Å². The molecule has 1 aromatic heterocycles. The Morgan fingerprint density at radius 3 is 2.41 bits per heavy atom. The number of carbonyl (C=O) groups excluding carboxylic acids is 1. The van der Waals surface area contributed by atoms with Crippen LogP contribution in [0, 0.1) is 6.92 Å². The number of nitrogens with zero attached hydrogens (tertiary/aromatic N) is 2. The Balaban J connectivity index is 1.32. The lowest BCUT2D eigenvalue weighted by molar-refractivity contribution is 0.0953. The van der Waals surface area contributed by atoms with Gasteiger partial charge in [-0.15, -0.1) is 10.2 Å². The number of benzene rings is 3. The molecule has 0 radical (unpaired) electrons. The van der Waals surface area contributed by atoms with Crippen LogP contribution in [0.3, 0.4) is 0 Å². The van der Waals surface area contributed by atoms with Gasteiger partial charge in [0.25, 0.3) is 5.91 Å². The molecule has 3 aromatic carbocycles. The first kappa shape index (κ1) is 21.2. The van der Waals surface area contributed by atoms with Gasteiger partial charge in [-0.05, 0) is 55.7 Å². The molecule has 0 spiro atoms. The lowest BCUT2D eigenvalue weighted by Gasteiger charge is -2.09. The Bertz CT molecular complexity index is 1160. The quantitative estimate of drug-likeness (QED) is 0.365. The zero-order valence-corrected chi connectivity index (χ0v) is 18.1. The summed E-state index contributed by atoms with van der Waals surface area (Å²) < 4.78 is 0. The molecule has 0 saturated heterocycles. The topological polar surface area (TPSA) is 66.9 Å². The summed E-state index contributed by atoms with van der Waals surface area (Å²) in [5, 5.41) is 14.8. The summed E-state index contributed by atoms with van der Waals surface area (Å²) >= 11 is 0. The molecular weight excluding hydrogens is 396 g/mol. The highest BCUT2D eigenvalue weighted by Gasteiger charge is 2.07. The molecule has 2 N–H and O–H groups in total. The molecule has 1 amide bonds. The molecule has 0 unspecified atom stereocenters. The molecule has 5 nitrogen and oxygen atoms in total. The average molecular weight is 423 g/mol. The highest BCUT2D eigenvalue weighted by atomic mass is 16.1.